The van der Waals surface area contributed by atoms with Crippen molar-refractivity contribution in [3.63, 3.8) is 0 Å². The molecule has 138 valence electrons. The SMILES string of the molecule is O=C1N(c2ccc3ccccc3c2)C(O)C(O)N1c1ccc2ccccc2c1. The van der Waals surface area contributed by atoms with Gasteiger partial charge in [0.05, 0.1) is 0 Å². The Bertz CT molecular complexity index is 1110. The van der Waals surface area contributed by atoms with E-state index >= 15 is 0 Å². The maximum atomic E-state index is 13.1. The molecular weight excluding hydrogens is 352 g/mol. The van der Waals surface area contributed by atoms with Gasteiger partial charge < -0.3 is 10.2 Å². The van der Waals surface area contributed by atoms with E-state index in [1.165, 1.54) is 9.80 Å². The number of urea groups is 1. The van der Waals surface area contributed by atoms with Crippen molar-refractivity contribution >= 4 is 39.0 Å². The number of hydrogen-bond acceptors (Lipinski definition) is 3. The minimum Gasteiger partial charge on any atom is -0.369 e. The molecule has 5 nitrogen and oxygen atoms in total. The molecule has 5 heteroatoms. The maximum absolute atomic E-state index is 13.1. The van der Waals surface area contributed by atoms with E-state index < -0.39 is 18.5 Å². The van der Waals surface area contributed by atoms with Gasteiger partial charge in [0.2, 0.25) is 0 Å². The van der Waals surface area contributed by atoms with Crippen molar-refractivity contribution in [3.8, 4) is 0 Å². The van der Waals surface area contributed by atoms with Crippen molar-refractivity contribution in [2.45, 2.75) is 12.5 Å². The molecule has 0 spiro atoms. The van der Waals surface area contributed by atoms with Gasteiger partial charge in [-0.15, -0.1) is 0 Å². The highest BCUT2D eigenvalue weighted by Crippen LogP contribution is 2.34. The van der Waals surface area contributed by atoms with Crippen LogP contribution in [0.25, 0.3) is 21.5 Å². The third kappa shape index (κ3) is 2.52. The molecule has 1 saturated heterocycles. The third-order valence-electron chi connectivity index (χ3n) is 5.23. The number of rotatable bonds is 2. The first kappa shape index (κ1) is 16.7. The van der Waals surface area contributed by atoms with Crippen LogP contribution in [0.3, 0.4) is 0 Å². The molecule has 2 amide bonds. The first-order chi connectivity index (χ1) is 13.6. The van der Waals surface area contributed by atoms with Gasteiger partial charge in [-0.3, -0.25) is 9.80 Å². The fraction of sp³-hybridized carbons (Fsp3) is 0.0870. The van der Waals surface area contributed by atoms with Crippen molar-refractivity contribution < 1.29 is 15.0 Å². The number of fused-ring (bicyclic) bond motifs is 2. The second kappa shape index (κ2) is 6.34. The molecule has 28 heavy (non-hydrogen) atoms. The van der Waals surface area contributed by atoms with E-state index in [9.17, 15) is 15.0 Å². The van der Waals surface area contributed by atoms with Gasteiger partial charge in [-0.1, -0.05) is 60.7 Å². The Morgan fingerprint density at radius 1 is 0.571 bits per heavy atom. The fourth-order valence-electron chi connectivity index (χ4n) is 3.79. The number of amides is 2. The summed E-state index contributed by atoms with van der Waals surface area (Å²) in [7, 11) is 0. The second-order valence-electron chi connectivity index (χ2n) is 6.91. The third-order valence-corrected chi connectivity index (χ3v) is 5.23. The van der Waals surface area contributed by atoms with Crippen molar-refractivity contribution in [3.05, 3.63) is 84.9 Å². The zero-order valence-corrected chi connectivity index (χ0v) is 14.9. The summed E-state index contributed by atoms with van der Waals surface area (Å²) in [5, 5.41) is 25.2. The van der Waals surface area contributed by atoms with Crippen LogP contribution in [0.4, 0.5) is 16.2 Å². The predicted molar refractivity (Wildman–Crippen MR) is 110 cm³/mol. The number of carbonyl (C=O) groups excluding carboxylic acids is 1. The molecule has 0 aromatic heterocycles. The standard InChI is InChI=1S/C23H18N2O3/c26-21-22(27)25(20-12-10-16-6-2-4-8-18(16)14-20)23(28)24(21)19-11-9-15-5-1-3-7-17(15)13-19/h1-14,21-22,26-27H. The number of carbonyl (C=O) groups is 1. The number of nitrogens with zero attached hydrogens (tertiary/aromatic N) is 2. The van der Waals surface area contributed by atoms with Crippen molar-refractivity contribution in [2.24, 2.45) is 0 Å². The van der Waals surface area contributed by atoms with Gasteiger partial charge in [0.1, 0.15) is 0 Å². The Hall–Kier alpha value is -3.41. The highest BCUT2D eigenvalue weighted by molar-refractivity contribution is 6.08. The highest BCUT2D eigenvalue weighted by atomic mass is 16.4. The monoisotopic (exact) mass is 370 g/mol. The number of benzene rings is 4. The number of hydrogen-bond donors (Lipinski definition) is 2. The first-order valence-corrected chi connectivity index (χ1v) is 9.10. The van der Waals surface area contributed by atoms with Gasteiger partial charge in [0.25, 0.3) is 0 Å². The maximum Gasteiger partial charge on any atom is 0.333 e. The summed E-state index contributed by atoms with van der Waals surface area (Å²) in [6, 6.07) is 26.2. The minimum absolute atomic E-state index is 0.467. The number of anilines is 2. The Balaban J connectivity index is 1.56. The fourth-order valence-corrected chi connectivity index (χ4v) is 3.79. The Kier molecular flexibility index (Phi) is 3.79. The van der Waals surface area contributed by atoms with E-state index in [2.05, 4.69) is 0 Å². The van der Waals surface area contributed by atoms with Gasteiger partial charge in [-0.25, -0.2) is 4.79 Å². The molecule has 2 atom stereocenters. The summed E-state index contributed by atoms with van der Waals surface area (Å²) in [5.41, 5.74) is 1.08. The minimum atomic E-state index is -1.36. The smallest absolute Gasteiger partial charge is 0.333 e. The molecule has 0 bridgehead atoms. The molecule has 0 aliphatic carbocycles. The highest BCUT2D eigenvalue weighted by Gasteiger charge is 2.45. The quantitative estimate of drug-likeness (QED) is 0.559. The lowest BCUT2D eigenvalue weighted by Crippen LogP contribution is -2.37. The van der Waals surface area contributed by atoms with Crippen LogP contribution >= 0.6 is 0 Å². The van der Waals surface area contributed by atoms with Crippen LogP contribution in [0.2, 0.25) is 0 Å². The van der Waals surface area contributed by atoms with Gasteiger partial charge in [-0.2, -0.15) is 0 Å². The zero-order valence-electron chi connectivity index (χ0n) is 14.9. The Morgan fingerprint density at radius 3 is 1.39 bits per heavy atom. The molecule has 2 N–H and O–H groups in total. The van der Waals surface area contributed by atoms with Crippen molar-refractivity contribution in [2.75, 3.05) is 9.80 Å². The topological polar surface area (TPSA) is 64.0 Å². The second-order valence-corrected chi connectivity index (χ2v) is 6.91. The first-order valence-electron chi connectivity index (χ1n) is 9.10. The molecule has 0 saturated carbocycles. The molecule has 1 heterocycles. The molecule has 1 aliphatic rings. The lowest BCUT2D eigenvalue weighted by Gasteiger charge is -2.20. The summed E-state index contributed by atoms with van der Waals surface area (Å²) >= 11 is 0. The van der Waals surface area contributed by atoms with Gasteiger partial charge >= 0.3 is 6.03 Å². The van der Waals surface area contributed by atoms with E-state index in [1.54, 1.807) is 12.1 Å². The van der Waals surface area contributed by atoms with Gasteiger partial charge in [0.15, 0.2) is 12.5 Å². The van der Waals surface area contributed by atoms with Gasteiger partial charge in [0, 0.05) is 11.4 Å². The van der Waals surface area contributed by atoms with Crippen LogP contribution in [0, 0.1) is 0 Å². The molecule has 0 radical (unpaired) electrons. The van der Waals surface area contributed by atoms with E-state index in [1.807, 2.05) is 72.8 Å². The Labute approximate surface area is 161 Å². The number of aliphatic hydroxyl groups is 2. The molecule has 4 aromatic carbocycles. The largest absolute Gasteiger partial charge is 0.369 e. The van der Waals surface area contributed by atoms with Crippen LogP contribution < -0.4 is 9.80 Å². The Morgan fingerprint density at radius 2 is 0.964 bits per heavy atom. The van der Waals surface area contributed by atoms with Crippen molar-refractivity contribution in [1.29, 1.82) is 0 Å². The molecular formula is C23H18N2O3. The van der Waals surface area contributed by atoms with Crippen LogP contribution in [0.1, 0.15) is 0 Å². The van der Waals surface area contributed by atoms with E-state index in [0.29, 0.717) is 11.4 Å². The number of aliphatic hydroxyl groups excluding tert-OH is 2. The molecule has 2 unspecified atom stereocenters. The van der Waals surface area contributed by atoms with Crippen LogP contribution in [-0.4, -0.2) is 28.7 Å². The normalized spacial score (nSPS) is 19.7. The summed E-state index contributed by atoms with van der Waals surface area (Å²) in [4.78, 5) is 15.6. The molecule has 5 rings (SSSR count). The summed E-state index contributed by atoms with van der Waals surface area (Å²) in [6.07, 6.45) is -2.72. The van der Waals surface area contributed by atoms with E-state index in [0.717, 1.165) is 21.5 Å². The zero-order chi connectivity index (χ0) is 19.3. The summed E-state index contributed by atoms with van der Waals surface area (Å²) in [6.45, 7) is 0. The van der Waals surface area contributed by atoms with Crippen molar-refractivity contribution in [1.82, 2.24) is 0 Å². The average Bonchev–Trinajstić information content (AvgIpc) is 2.95. The molecule has 1 aliphatic heterocycles. The van der Waals surface area contributed by atoms with Gasteiger partial charge in [-0.05, 0) is 45.8 Å². The summed E-state index contributed by atoms with van der Waals surface area (Å²) < 4.78 is 0. The van der Waals surface area contributed by atoms with Crippen LogP contribution in [0.15, 0.2) is 84.9 Å². The van der Waals surface area contributed by atoms with E-state index in [-0.39, 0.29) is 0 Å². The van der Waals surface area contributed by atoms with E-state index in [4.69, 9.17) is 0 Å². The van der Waals surface area contributed by atoms with Crippen LogP contribution in [0.5, 0.6) is 0 Å². The predicted octanol–water partition coefficient (Wildman–Crippen LogP) is 4.08. The molecule has 4 aromatic rings. The average molecular weight is 370 g/mol. The lowest BCUT2D eigenvalue weighted by molar-refractivity contribution is 0.0460. The van der Waals surface area contributed by atoms with Crippen LogP contribution in [-0.2, 0) is 0 Å². The summed E-state index contributed by atoms with van der Waals surface area (Å²) in [5.74, 6) is 0. The molecule has 1 fully saturated rings. The lowest BCUT2D eigenvalue weighted by atomic mass is 10.1.